The Labute approximate surface area is 121 Å². The first-order chi connectivity index (χ1) is 9.19. The van der Waals surface area contributed by atoms with E-state index >= 15 is 0 Å². The van der Waals surface area contributed by atoms with Crippen LogP contribution >= 0.6 is 15.9 Å². The molecule has 3 rings (SSSR count). The smallest absolute Gasteiger partial charge is 0.130 e. The molecule has 2 heterocycles. The summed E-state index contributed by atoms with van der Waals surface area (Å²) in [6, 6.07) is 8.29. The number of nitriles is 1. The molecule has 0 saturated carbocycles. The zero-order valence-electron chi connectivity index (χ0n) is 10.8. The van der Waals surface area contributed by atoms with Gasteiger partial charge in [-0.15, -0.1) is 0 Å². The van der Waals surface area contributed by atoms with E-state index in [2.05, 4.69) is 26.9 Å². The van der Waals surface area contributed by atoms with Crippen molar-refractivity contribution < 1.29 is 0 Å². The number of aromatic nitrogens is 1. The maximum atomic E-state index is 9.37. The molecular formula is C15H14BrN3. The van der Waals surface area contributed by atoms with Crippen molar-refractivity contribution in [3.8, 4) is 6.07 Å². The number of halogens is 1. The van der Waals surface area contributed by atoms with Crippen molar-refractivity contribution in [2.24, 2.45) is 0 Å². The fourth-order valence-electron chi connectivity index (χ4n) is 2.61. The fourth-order valence-corrected chi connectivity index (χ4v) is 3.27. The highest BCUT2D eigenvalue weighted by Gasteiger charge is 2.16. The first kappa shape index (κ1) is 12.4. The summed E-state index contributed by atoms with van der Waals surface area (Å²) in [5.74, 6) is 0.922. The molecule has 3 nitrogen and oxygen atoms in total. The zero-order chi connectivity index (χ0) is 13.4. The maximum Gasteiger partial charge on any atom is 0.130 e. The molecule has 0 N–H and O–H groups in total. The van der Waals surface area contributed by atoms with Crippen LogP contribution in [0.5, 0.6) is 0 Å². The van der Waals surface area contributed by atoms with Gasteiger partial charge in [0.15, 0.2) is 0 Å². The molecular weight excluding hydrogens is 302 g/mol. The molecule has 0 radical (unpaired) electrons. The van der Waals surface area contributed by atoms with E-state index in [4.69, 9.17) is 4.98 Å². The molecule has 0 atom stereocenters. The van der Waals surface area contributed by atoms with E-state index in [-0.39, 0.29) is 0 Å². The number of hydrogen-bond acceptors (Lipinski definition) is 3. The van der Waals surface area contributed by atoms with Crippen LogP contribution in [0.25, 0.3) is 10.9 Å². The number of hydrogen-bond donors (Lipinski definition) is 0. The van der Waals surface area contributed by atoms with E-state index in [1.165, 1.54) is 12.8 Å². The van der Waals surface area contributed by atoms with Crippen molar-refractivity contribution in [3.63, 3.8) is 0 Å². The molecule has 1 aromatic carbocycles. The summed E-state index contributed by atoms with van der Waals surface area (Å²) in [6.07, 6.45) is 2.41. The molecule has 2 aromatic rings. The lowest BCUT2D eigenvalue weighted by Gasteiger charge is -2.17. The van der Waals surface area contributed by atoms with Crippen LogP contribution in [0.15, 0.2) is 22.7 Å². The summed E-state index contributed by atoms with van der Waals surface area (Å²) < 4.78 is 0.958. The molecule has 0 spiro atoms. The van der Waals surface area contributed by atoms with Crippen LogP contribution in [-0.4, -0.2) is 18.1 Å². The first-order valence-corrected chi connectivity index (χ1v) is 7.24. The summed E-state index contributed by atoms with van der Waals surface area (Å²) >= 11 is 3.56. The first-order valence-electron chi connectivity index (χ1n) is 6.45. The third-order valence-electron chi connectivity index (χ3n) is 3.55. The van der Waals surface area contributed by atoms with Crippen molar-refractivity contribution in [3.05, 3.63) is 33.8 Å². The molecule has 0 unspecified atom stereocenters. The highest BCUT2D eigenvalue weighted by molar-refractivity contribution is 9.10. The topological polar surface area (TPSA) is 39.9 Å². The highest BCUT2D eigenvalue weighted by atomic mass is 79.9. The van der Waals surface area contributed by atoms with Crippen LogP contribution in [-0.2, 0) is 0 Å². The third kappa shape index (κ3) is 2.19. The molecule has 0 aliphatic carbocycles. The summed E-state index contributed by atoms with van der Waals surface area (Å²) in [6.45, 7) is 4.10. The number of aryl methyl sites for hydroxylation is 1. The summed E-state index contributed by atoms with van der Waals surface area (Å²) in [7, 11) is 0. The van der Waals surface area contributed by atoms with Crippen LogP contribution in [0.2, 0.25) is 0 Å². The lowest BCUT2D eigenvalue weighted by Crippen LogP contribution is -2.19. The number of pyridine rings is 1. The molecule has 4 heteroatoms. The second-order valence-electron chi connectivity index (χ2n) is 4.98. The number of anilines is 1. The number of nitrogens with zero attached hydrogens (tertiary/aromatic N) is 3. The third-order valence-corrected chi connectivity index (χ3v) is 4.15. The average molecular weight is 316 g/mol. The quantitative estimate of drug-likeness (QED) is 0.804. The van der Waals surface area contributed by atoms with E-state index in [1.807, 2.05) is 25.1 Å². The summed E-state index contributed by atoms with van der Waals surface area (Å²) in [5, 5.41) is 10.3. The summed E-state index contributed by atoms with van der Waals surface area (Å²) in [4.78, 5) is 6.99. The lowest BCUT2D eigenvalue weighted by atomic mass is 10.1. The molecule has 1 fully saturated rings. The lowest BCUT2D eigenvalue weighted by molar-refractivity contribution is 0.943. The predicted molar refractivity (Wildman–Crippen MR) is 80.3 cm³/mol. The monoisotopic (exact) mass is 315 g/mol. The van der Waals surface area contributed by atoms with E-state index in [0.717, 1.165) is 39.8 Å². The van der Waals surface area contributed by atoms with E-state index < -0.39 is 0 Å². The fraction of sp³-hybridized carbons (Fsp3) is 0.333. The van der Waals surface area contributed by atoms with Crippen molar-refractivity contribution in [2.75, 3.05) is 18.0 Å². The Morgan fingerprint density at radius 3 is 2.68 bits per heavy atom. The standard InChI is InChI=1S/C15H14BrN3/c1-10-6-12-11(9-17)8-14(19-4-2-3-5-19)18-15(12)13(16)7-10/h6-8H,2-5H2,1H3. The molecule has 96 valence electrons. The number of rotatable bonds is 1. The van der Waals surface area contributed by atoms with Crippen LogP contribution in [0.1, 0.15) is 24.0 Å². The van der Waals surface area contributed by atoms with Gasteiger partial charge in [-0.05, 0) is 59.5 Å². The molecule has 1 aliphatic rings. The Hall–Kier alpha value is -1.60. The van der Waals surface area contributed by atoms with Gasteiger partial charge in [-0.3, -0.25) is 0 Å². The summed E-state index contributed by atoms with van der Waals surface area (Å²) in [5.41, 5.74) is 2.72. The second-order valence-corrected chi connectivity index (χ2v) is 5.83. The van der Waals surface area contributed by atoms with Crippen LogP contribution in [0, 0.1) is 18.3 Å². The largest absolute Gasteiger partial charge is 0.357 e. The Kier molecular flexibility index (Phi) is 3.16. The molecule has 1 aromatic heterocycles. The molecule has 1 saturated heterocycles. The number of benzene rings is 1. The van der Waals surface area contributed by atoms with Gasteiger partial charge in [0.2, 0.25) is 0 Å². The molecule has 19 heavy (non-hydrogen) atoms. The van der Waals surface area contributed by atoms with Crippen molar-refractivity contribution in [1.82, 2.24) is 4.98 Å². The van der Waals surface area contributed by atoms with Crippen molar-refractivity contribution >= 4 is 32.7 Å². The average Bonchev–Trinajstić information content (AvgIpc) is 2.91. The van der Waals surface area contributed by atoms with Gasteiger partial charge in [0, 0.05) is 22.9 Å². The highest BCUT2D eigenvalue weighted by Crippen LogP contribution is 2.30. The van der Waals surface area contributed by atoms with E-state index in [1.54, 1.807) is 0 Å². The van der Waals surface area contributed by atoms with Gasteiger partial charge < -0.3 is 4.90 Å². The van der Waals surface area contributed by atoms with Crippen LogP contribution < -0.4 is 4.90 Å². The van der Waals surface area contributed by atoms with Crippen molar-refractivity contribution in [1.29, 1.82) is 5.26 Å². The van der Waals surface area contributed by atoms with Gasteiger partial charge in [-0.1, -0.05) is 0 Å². The van der Waals surface area contributed by atoms with Gasteiger partial charge in [-0.25, -0.2) is 4.98 Å². The Bertz CT molecular complexity index is 682. The second kappa shape index (κ2) is 4.82. The van der Waals surface area contributed by atoms with E-state index in [9.17, 15) is 5.26 Å². The van der Waals surface area contributed by atoms with Gasteiger partial charge in [0.25, 0.3) is 0 Å². The minimum atomic E-state index is 0.705. The van der Waals surface area contributed by atoms with Gasteiger partial charge >= 0.3 is 0 Å². The molecule has 1 aliphatic heterocycles. The van der Waals surface area contributed by atoms with Gasteiger partial charge in [0.05, 0.1) is 17.1 Å². The zero-order valence-corrected chi connectivity index (χ0v) is 12.4. The minimum Gasteiger partial charge on any atom is -0.357 e. The van der Waals surface area contributed by atoms with Gasteiger partial charge in [0.1, 0.15) is 5.82 Å². The predicted octanol–water partition coefficient (Wildman–Crippen LogP) is 3.78. The Balaban J connectivity index is 2.25. The Morgan fingerprint density at radius 1 is 1.26 bits per heavy atom. The Morgan fingerprint density at radius 2 is 2.00 bits per heavy atom. The van der Waals surface area contributed by atoms with Gasteiger partial charge in [-0.2, -0.15) is 5.26 Å². The molecule has 0 bridgehead atoms. The SMILES string of the molecule is Cc1cc(Br)c2nc(N3CCCC3)cc(C#N)c2c1. The van der Waals surface area contributed by atoms with Crippen LogP contribution in [0.3, 0.4) is 0 Å². The maximum absolute atomic E-state index is 9.37. The normalized spacial score (nSPS) is 14.9. The van der Waals surface area contributed by atoms with Crippen LogP contribution in [0.4, 0.5) is 5.82 Å². The molecule has 0 amide bonds. The minimum absolute atomic E-state index is 0.705. The number of fused-ring (bicyclic) bond motifs is 1. The van der Waals surface area contributed by atoms with Crippen molar-refractivity contribution in [2.45, 2.75) is 19.8 Å². The van der Waals surface area contributed by atoms with E-state index in [0.29, 0.717) is 5.56 Å².